The fourth-order valence-corrected chi connectivity index (χ4v) is 4.28. The van der Waals surface area contributed by atoms with Gasteiger partial charge < -0.3 is 14.8 Å². The number of carboxylic acid groups (broad SMARTS) is 1. The molecule has 1 heterocycles. The minimum atomic E-state index is -4.88. The Morgan fingerprint density at radius 2 is 1.86 bits per heavy atom. The van der Waals surface area contributed by atoms with Crippen molar-refractivity contribution in [3.8, 4) is 6.07 Å². The number of nitriles is 1. The second-order valence-electron chi connectivity index (χ2n) is 9.24. The lowest BCUT2D eigenvalue weighted by molar-refractivity contribution is -0.161. The summed E-state index contributed by atoms with van der Waals surface area (Å²) in [5, 5.41) is 24.5. The standard InChI is InChI=1S/C25H24F3N3O4/c1-13(2)16(11-19(32)31-24(12-29)9-10-24)30-22(25(26,27)28)21-15(23(33)34)7-8-18-20(21)14-5-3-4-6-17(14)35-18/h3-8,13,16,22,30H,9-11H2,1-2H3,(H,31,32)(H,33,34)/t16-,22-/m0/s1. The molecule has 35 heavy (non-hydrogen) atoms. The number of fused-ring (bicyclic) bond motifs is 3. The fourth-order valence-electron chi connectivity index (χ4n) is 4.28. The molecule has 2 aromatic carbocycles. The Morgan fingerprint density at radius 3 is 2.43 bits per heavy atom. The lowest BCUT2D eigenvalue weighted by atomic mass is 9.91. The molecular weight excluding hydrogens is 463 g/mol. The van der Waals surface area contributed by atoms with E-state index >= 15 is 0 Å². The molecule has 0 bridgehead atoms. The smallest absolute Gasteiger partial charge is 0.407 e. The molecular formula is C25H24F3N3O4. The van der Waals surface area contributed by atoms with Crippen LogP contribution in [0.3, 0.4) is 0 Å². The summed E-state index contributed by atoms with van der Waals surface area (Å²) < 4.78 is 49.4. The number of furan rings is 1. The molecule has 0 radical (unpaired) electrons. The summed E-state index contributed by atoms with van der Waals surface area (Å²) >= 11 is 0. The molecule has 2 atom stereocenters. The molecule has 184 valence electrons. The highest BCUT2D eigenvalue weighted by Gasteiger charge is 2.47. The zero-order valence-electron chi connectivity index (χ0n) is 19.1. The van der Waals surface area contributed by atoms with Crippen molar-refractivity contribution >= 4 is 33.8 Å². The average Bonchev–Trinajstić information content (AvgIpc) is 3.45. The van der Waals surface area contributed by atoms with Crippen LogP contribution in [0, 0.1) is 17.2 Å². The van der Waals surface area contributed by atoms with Gasteiger partial charge in [-0.1, -0.05) is 32.0 Å². The number of hydrogen-bond donors (Lipinski definition) is 3. The van der Waals surface area contributed by atoms with Gasteiger partial charge in [0.1, 0.15) is 22.7 Å². The van der Waals surface area contributed by atoms with E-state index in [9.17, 15) is 33.1 Å². The van der Waals surface area contributed by atoms with Crippen molar-refractivity contribution in [1.82, 2.24) is 10.6 Å². The third-order valence-electron chi connectivity index (χ3n) is 6.36. The van der Waals surface area contributed by atoms with E-state index in [-0.39, 0.29) is 17.4 Å². The highest BCUT2D eigenvalue weighted by atomic mass is 19.4. The summed E-state index contributed by atoms with van der Waals surface area (Å²) in [7, 11) is 0. The first kappa shape index (κ1) is 24.5. The predicted molar refractivity (Wildman–Crippen MR) is 122 cm³/mol. The largest absolute Gasteiger partial charge is 0.478 e. The third-order valence-corrected chi connectivity index (χ3v) is 6.36. The van der Waals surface area contributed by atoms with E-state index in [0.29, 0.717) is 23.8 Å². The quantitative estimate of drug-likeness (QED) is 0.409. The first-order chi connectivity index (χ1) is 16.5. The Bertz CT molecular complexity index is 1340. The number of hydrogen-bond acceptors (Lipinski definition) is 5. The molecule has 3 N–H and O–H groups in total. The van der Waals surface area contributed by atoms with Gasteiger partial charge in [-0.15, -0.1) is 0 Å². The summed E-state index contributed by atoms with van der Waals surface area (Å²) in [5.41, 5.74) is -1.45. The molecule has 0 saturated heterocycles. The van der Waals surface area contributed by atoms with Gasteiger partial charge in [0, 0.05) is 28.8 Å². The Balaban J connectivity index is 1.80. The number of rotatable bonds is 8. The highest BCUT2D eigenvalue weighted by Crippen LogP contribution is 2.43. The van der Waals surface area contributed by atoms with Crippen molar-refractivity contribution < 1.29 is 32.3 Å². The summed E-state index contributed by atoms with van der Waals surface area (Å²) in [6, 6.07) is 7.61. The molecule has 1 amide bonds. The maximum absolute atomic E-state index is 14.6. The lowest BCUT2D eigenvalue weighted by Crippen LogP contribution is -2.47. The Labute approximate surface area is 198 Å². The molecule has 1 aromatic heterocycles. The predicted octanol–water partition coefficient (Wildman–Crippen LogP) is 5.06. The molecule has 1 saturated carbocycles. The van der Waals surface area contributed by atoms with Gasteiger partial charge in [0.2, 0.25) is 5.91 Å². The Kier molecular flexibility index (Phi) is 6.23. The van der Waals surface area contributed by atoms with Gasteiger partial charge in [0.15, 0.2) is 0 Å². The van der Waals surface area contributed by atoms with Crippen molar-refractivity contribution in [2.45, 2.75) is 56.9 Å². The Hall–Kier alpha value is -3.58. The number of carbonyl (C=O) groups is 2. The van der Waals surface area contributed by atoms with Crippen molar-refractivity contribution in [2.75, 3.05) is 0 Å². The van der Waals surface area contributed by atoms with Gasteiger partial charge in [-0.2, -0.15) is 18.4 Å². The zero-order chi connectivity index (χ0) is 25.5. The lowest BCUT2D eigenvalue weighted by Gasteiger charge is -2.31. The Morgan fingerprint density at radius 1 is 1.17 bits per heavy atom. The topological polar surface area (TPSA) is 115 Å². The van der Waals surface area contributed by atoms with Crippen LogP contribution in [0.15, 0.2) is 40.8 Å². The number of para-hydroxylation sites is 1. The van der Waals surface area contributed by atoms with Gasteiger partial charge in [0.25, 0.3) is 0 Å². The number of amides is 1. The van der Waals surface area contributed by atoms with E-state index in [0.717, 1.165) is 6.07 Å². The van der Waals surface area contributed by atoms with E-state index < -0.39 is 52.7 Å². The molecule has 1 aliphatic carbocycles. The number of nitrogens with one attached hydrogen (secondary N) is 2. The van der Waals surface area contributed by atoms with Crippen LogP contribution in [0.5, 0.6) is 0 Å². The van der Waals surface area contributed by atoms with Gasteiger partial charge >= 0.3 is 12.1 Å². The van der Waals surface area contributed by atoms with Crippen LogP contribution in [-0.2, 0) is 4.79 Å². The number of halogens is 3. The molecule has 4 rings (SSSR count). The molecule has 0 spiro atoms. The second kappa shape index (κ2) is 8.89. The maximum atomic E-state index is 14.6. The second-order valence-corrected chi connectivity index (χ2v) is 9.24. The first-order valence-corrected chi connectivity index (χ1v) is 11.2. The minimum absolute atomic E-state index is 0.0590. The van der Waals surface area contributed by atoms with Crippen molar-refractivity contribution in [1.29, 1.82) is 5.26 Å². The average molecular weight is 487 g/mol. The normalized spacial score (nSPS) is 16.7. The van der Waals surface area contributed by atoms with Crippen molar-refractivity contribution in [2.24, 2.45) is 5.92 Å². The fraction of sp³-hybridized carbons (Fsp3) is 0.400. The minimum Gasteiger partial charge on any atom is -0.478 e. The van der Waals surface area contributed by atoms with Gasteiger partial charge in [-0.05, 0) is 37.0 Å². The van der Waals surface area contributed by atoms with E-state index in [4.69, 9.17) is 4.42 Å². The number of benzene rings is 2. The van der Waals surface area contributed by atoms with Crippen molar-refractivity contribution in [3.63, 3.8) is 0 Å². The molecule has 0 unspecified atom stereocenters. The van der Waals surface area contributed by atoms with Crippen LogP contribution in [0.4, 0.5) is 13.2 Å². The molecule has 3 aromatic rings. The van der Waals surface area contributed by atoms with Gasteiger partial charge in [-0.25, -0.2) is 4.79 Å². The number of carbonyl (C=O) groups excluding carboxylic acids is 1. The third kappa shape index (κ3) is 4.82. The van der Waals surface area contributed by atoms with Crippen LogP contribution in [-0.4, -0.2) is 34.7 Å². The van der Waals surface area contributed by atoms with Gasteiger partial charge in [-0.3, -0.25) is 10.1 Å². The molecule has 1 aliphatic rings. The van der Waals surface area contributed by atoms with Crippen LogP contribution in [0.25, 0.3) is 21.9 Å². The van der Waals surface area contributed by atoms with Crippen LogP contribution in [0.1, 0.15) is 55.1 Å². The van der Waals surface area contributed by atoms with Crippen LogP contribution >= 0.6 is 0 Å². The first-order valence-electron chi connectivity index (χ1n) is 11.2. The van der Waals surface area contributed by atoms with E-state index in [1.54, 1.807) is 38.1 Å². The van der Waals surface area contributed by atoms with Crippen LogP contribution in [0.2, 0.25) is 0 Å². The maximum Gasteiger partial charge on any atom is 0.407 e. The van der Waals surface area contributed by atoms with E-state index in [2.05, 4.69) is 10.6 Å². The summed E-state index contributed by atoms with van der Waals surface area (Å²) in [4.78, 5) is 24.6. The number of alkyl halides is 3. The molecule has 7 nitrogen and oxygen atoms in total. The van der Waals surface area contributed by atoms with E-state index in [1.807, 2.05) is 6.07 Å². The summed E-state index contributed by atoms with van der Waals surface area (Å²) in [5.74, 6) is -2.45. The summed E-state index contributed by atoms with van der Waals surface area (Å²) in [6.07, 6.45) is -4.20. The SMILES string of the molecule is CC(C)[C@H](CC(=O)NC1(C#N)CC1)N[C@@H](c1c(C(=O)O)ccc2oc3ccccc3c12)C(F)(F)F. The monoisotopic (exact) mass is 487 g/mol. The van der Waals surface area contributed by atoms with E-state index in [1.165, 1.54) is 6.07 Å². The summed E-state index contributed by atoms with van der Waals surface area (Å²) in [6.45, 7) is 3.34. The number of carboxylic acids is 1. The zero-order valence-corrected chi connectivity index (χ0v) is 19.1. The molecule has 10 heteroatoms. The van der Waals surface area contributed by atoms with Gasteiger partial charge in [0.05, 0.1) is 11.6 Å². The highest BCUT2D eigenvalue weighted by molar-refractivity contribution is 6.10. The number of aromatic carboxylic acids is 1. The number of nitrogens with zero attached hydrogens (tertiary/aromatic N) is 1. The van der Waals surface area contributed by atoms with Crippen molar-refractivity contribution in [3.05, 3.63) is 47.5 Å². The molecule has 0 aliphatic heterocycles. The van der Waals surface area contributed by atoms with Crippen LogP contribution < -0.4 is 10.6 Å². The molecule has 1 fully saturated rings.